The van der Waals surface area contributed by atoms with Crippen molar-refractivity contribution in [3.8, 4) is 11.5 Å². The second-order valence-corrected chi connectivity index (χ2v) is 10.5. The summed E-state index contributed by atoms with van der Waals surface area (Å²) >= 11 is 2.96. The molecule has 9 nitrogen and oxygen atoms in total. The number of morpholine rings is 1. The number of nitrogens with one attached hydrogen (secondary N) is 1. The first-order chi connectivity index (χ1) is 17.9. The van der Waals surface area contributed by atoms with E-state index in [0.717, 1.165) is 45.4 Å². The Labute approximate surface area is 233 Å². The summed E-state index contributed by atoms with van der Waals surface area (Å²) in [5, 5.41) is 2.27. The lowest BCUT2D eigenvalue weighted by atomic mass is 10.2. The Balaban J connectivity index is 1.40. The largest absolute Gasteiger partial charge is 0.493 e. The zero-order valence-corrected chi connectivity index (χ0v) is 23.6. The van der Waals surface area contributed by atoms with Gasteiger partial charge >= 0.3 is 0 Å². The molecule has 1 N–H and O–H groups in total. The molecular weight excluding hydrogens is 609 g/mol. The summed E-state index contributed by atoms with van der Waals surface area (Å²) in [7, 11) is 1.55. The molecule has 0 radical (unpaired) electrons. The lowest BCUT2D eigenvalue weighted by molar-refractivity contribution is -0.127. The molecule has 2 aromatic carbocycles. The molecule has 0 saturated carbocycles. The number of carbonyl (C=O) groups is 3. The van der Waals surface area contributed by atoms with Gasteiger partial charge in [-0.05, 0) is 88.8 Å². The van der Waals surface area contributed by atoms with Crippen LogP contribution in [0, 0.1) is 3.57 Å². The van der Waals surface area contributed by atoms with E-state index >= 15 is 0 Å². The van der Waals surface area contributed by atoms with Crippen molar-refractivity contribution in [2.45, 2.75) is 13.3 Å². The number of benzene rings is 2. The van der Waals surface area contributed by atoms with E-state index in [1.165, 1.54) is 0 Å². The van der Waals surface area contributed by atoms with Gasteiger partial charge in [0.25, 0.3) is 11.1 Å². The number of carbonyl (C=O) groups excluding carboxylic acids is 3. The molecule has 2 aliphatic heterocycles. The molecule has 2 heterocycles. The van der Waals surface area contributed by atoms with Crippen LogP contribution in [0.15, 0.2) is 41.3 Å². The third kappa shape index (κ3) is 6.76. The third-order valence-electron chi connectivity index (χ3n) is 5.70. The van der Waals surface area contributed by atoms with Crippen LogP contribution in [0.3, 0.4) is 0 Å². The first kappa shape index (κ1) is 27.3. The van der Waals surface area contributed by atoms with Crippen molar-refractivity contribution in [2.24, 2.45) is 0 Å². The predicted molar refractivity (Wildman–Crippen MR) is 152 cm³/mol. The van der Waals surface area contributed by atoms with Crippen molar-refractivity contribution in [3.05, 3.63) is 50.4 Å². The molecule has 2 aliphatic rings. The summed E-state index contributed by atoms with van der Waals surface area (Å²) in [6.45, 7) is 5.24. The fourth-order valence-corrected chi connectivity index (χ4v) is 5.50. The van der Waals surface area contributed by atoms with Crippen LogP contribution in [0.25, 0.3) is 6.08 Å². The van der Waals surface area contributed by atoms with E-state index in [4.69, 9.17) is 14.2 Å². The summed E-state index contributed by atoms with van der Waals surface area (Å²) in [6.07, 6.45) is 2.49. The van der Waals surface area contributed by atoms with Gasteiger partial charge in [0.1, 0.15) is 6.54 Å². The van der Waals surface area contributed by atoms with Crippen LogP contribution in [0.1, 0.15) is 18.9 Å². The number of amides is 3. The Morgan fingerprint density at radius 1 is 1.19 bits per heavy atom. The molecule has 0 spiro atoms. The Morgan fingerprint density at radius 3 is 2.59 bits per heavy atom. The van der Waals surface area contributed by atoms with E-state index < -0.39 is 17.1 Å². The van der Waals surface area contributed by atoms with Gasteiger partial charge in [-0.2, -0.15) is 0 Å². The van der Waals surface area contributed by atoms with Gasteiger partial charge in [0.2, 0.25) is 5.91 Å². The maximum Gasteiger partial charge on any atom is 0.294 e. The Bertz CT molecular complexity index is 1200. The van der Waals surface area contributed by atoms with Crippen LogP contribution >= 0.6 is 34.4 Å². The van der Waals surface area contributed by atoms with E-state index in [0.29, 0.717) is 42.6 Å². The van der Waals surface area contributed by atoms with Crippen molar-refractivity contribution >= 4 is 68.9 Å². The number of hydrogen-bond donors (Lipinski definition) is 1. The highest BCUT2D eigenvalue weighted by Crippen LogP contribution is 2.37. The monoisotopic (exact) mass is 637 g/mol. The molecular formula is C26H28IN3O6S. The Kier molecular flexibility index (Phi) is 9.33. The number of hydrogen-bond acceptors (Lipinski definition) is 8. The minimum Gasteiger partial charge on any atom is -0.493 e. The lowest BCUT2D eigenvalue weighted by Gasteiger charge is -2.28. The summed E-state index contributed by atoms with van der Waals surface area (Å²) in [5.41, 5.74) is 2.34. The van der Waals surface area contributed by atoms with Gasteiger partial charge in [-0.3, -0.25) is 19.3 Å². The molecule has 0 bridgehead atoms. The smallest absolute Gasteiger partial charge is 0.294 e. The number of halogens is 1. The fourth-order valence-electron chi connectivity index (χ4n) is 3.88. The molecule has 37 heavy (non-hydrogen) atoms. The maximum absolute atomic E-state index is 12.9. The molecule has 2 aromatic rings. The average Bonchev–Trinajstić information content (AvgIpc) is 3.15. The lowest BCUT2D eigenvalue weighted by Crippen LogP contribution is -2.36. The van der Waals surface area contributed by atoms with Gasteiger partial charge in [0.05, 0.1) is 35.4 Å². The zero-order valence-electron chi connectivity index (χ0n) is 20.6. The number of thioether (sulfide) groups is 1. The third-order valence-corrected chi connectivity index (χ3v) is 7.41. The molecule has 11 heteroatoms. The molecule has 0 atom stereocenters. The van der Waals surface area contributed by atoms with Crippen LogP contribution in [-0.4, -0.2) is 68.5 Å². The highest BCUT2D eigenvalue weighted by atomic mass is 127. The van der Waals surface area contributed by atoms with E-state index in [1.54, 1.807) is 31.4 Å². The van der Waals surface area contributed by atoms with Crippen molar-refractivity contribution in [3.63, 3.8) is 0 Å². The first-order valence-electron chi connectivity index (χ1n) is 11.9. The molecule has 0 aliphatic carbocycles. The number of anilines is 2. The van der Waals surface area contributed by atoms with Crippen LogP contribution in [0.5, 0.6) is 11.5 Å². The van der Waals surface area contributed by atoms with Gasteiger partial charge < -0.3 is 24.4 Å². The second kappa shape index (κ2) is 12.7. The second-order valence-electron chi connectivity index (χ2n) is 8.34. The molecule has 0 unspecified atom stereocenters. The van der Waals surface area contributed by atoms with Gasteiger partial charge in [0.15, 0.2) is 11.5 Å². The number of rotatable bonds is 9. The molecule has 0 aromatic heterocycles. The predicted octanol–water partition coefficient (Wildman–Crippen LogP) is 4.60. The molecule has 4 rings (SSSR count). The summed E-state index contributed by atoms with van der Waals surface area (Å²) in [5.74, 6) is 0.235. The topological polar surface area (TPSA) is 97.4 Å². The van der Waals surface area contributed by atoms with Crippen molar-refractivity contribution in [2.75, 3.05) is 56.8 Å². The van der Waals surface area contributed by atoms with Crippen LogP contribution in [0.2, 0.25) is 0 Å². The van der Waals surface area contributed by atoms with Gasteiger partial charge in [-0.1, -0.05) is 6.92 Å². The van der Waals surface area contributed by atoms with E-state index in [9.17, 15) is 14.4 Å². The van der Waals surface area contributed by atoms with E-state index in [1.807, 2.05) is 25.1 Å². The first-order valence-corrected chi connectivity index (χ1v) is 13.8. The van der Waals surface area contributed by atoms with Crippen molar-refractivity contribution < 1.29 is 28.6 Å². The van der Waals surface area contributed by atoms with E-state index in [2.05, 4.69) is 32.8 Å². The van der Waals surface area contributed by atoms with Crippen LogP contribution < -0.4 is 19.7 Å². The highest BCUT2D eigenvalue weighted by Gasteiger charge is 2.36. The standard InChI is InChI=1S/C26H28IN3O6S/c1-3-10-36-24-20(27)13-17(14-21(24)34-2)15-22-25(32)30(26(33)37-22)16-23(31)28-18-4-6-19(7-5-18)29-8-11-35-12-9-29/h4-7,13-15H,3,8-12,16H2,1-2H3,(H,28,31)/b22-15-. The van der Waals surface area contributed by atoms with Gasteiger partial charge in [-0.15, -0.1) is 0 Å². The number of ether oxygens (including phenoxy) is 3. The number of imide groups is 1. The Morgan fingerprint density at radius 2 is 1.92 bits per heavy atom. The molecule has 196 valence electrons. The minimum atomic E-state index is -0.506. The van der Waals surface area contributed by atoms with Gasteiger partial charge in [0, 0.05) is 24.5 Å². The average molecular weight is 637 g/mol. The summed E-state index contributed by atoms with van der Waals surface area (Å²) in [4.78, 5) is 41.5. The quantitative estimate of drug-likeness (QED) is 0.315. The van der Waals surface area contributed by atoms with E-state index in [-0.39, 0.29) is 11.4 Å². The fraction of sp³-hybridized carbons (Fsp3) is 0.346. The molecule has 3 amide bonds. The zero-order chi connectivity index (χ0) is 26.4. The number of nitrogens with zero attached hydrogens (tertiary/aromatic N) is 2. The maximum atomic E-state index is 12.9. The highest BCUT2D eigenvalue weighted by molar-refractivity contribution is 14.1. The van der Waals surface area contributed by atoms with Crippen LogP contribution in [-0.2, 0) is 14.3 Å². The van der Waals surface area contributed by atoms with Crippen LogP contribution in [0.4, 0.5) is 16.2 Å². The Hall–Kier alpha value is -2.77. The number of methoxy groups -OCH3 is 1. The SMILES string of the molecule is CCCOc1c(I)cc(/C=C2\SC(=O)N(CC(=O)Nc3ccc(N4CCOCC4)cc3)C2=O)cc1OC. The van der Waals surface area contributed by atoms with Crippen molar-refractivity contribution in [1.29, 1.82) is 0 Å². The van der Waals surface area contributed by atoms with Crippen molar-refractivity contribution in [1.82, 2.24) is 4.90 Å². The summed E-state index contributed by atoms with van der Waals surface area (Å²) in [6, 6.07) is 11.1. The molecule has 2 fully saturated rings. The summed E-state index contributed by atoms with van der Waals surface area (Å²) < 4.78 is 17.4. The van der Waals surface area contributed by atoms with Gasteiger partial charge in [-0.25, -0.2) is 0 Å². The molecule has 2 saturated heterocycles. The normalized spacial score (nSPS) is 16.9. The minimum absolute atomic E-state index is 0.243.